The SMILES string of the molecule is COc1ccc(C(=O)CC(c2ccccc2)C(C#N)c2ccc(OC)cc2)cc1. The molecule has 146 valence electrons. The standard InChI is InChI=1S/C25H23NO3/c1-28-21-12-8-19(9-13-21)24(17-26)23(18-6-4-3-5-7-18)16-25(27)20-10-14-22(29-2)15-11-20/h3-15,23-24H,16H2,1-2H3. The van der Waals surface area contributed by atoms with E-state index in [-0.39, 0.29) is 18.1 Å². The number of carbonyl (C=O) groups excluding carboxylic acids is 1. The maximum Gasteiger partial charge on any atom is 0.163 e. The normalized spacial score (nSPS) is 12.4. The van der Waals surface area contributed by atoms with Gasteiger partial charge in [0, 0.05) is 17.9 Å². The van der Waals surface area contributed by atoms with Gasteiger partial charge in [0.15, 0.2) is 5.78 Å². The molecule has 29 heavy (non-hydrogen) atoms. The molecule has 0 aromatic heterocycles. The Labute approximate surface area is 171 Å². The number of methoxy groups -OCH3 is 2. The van der Waals surface area contributed by atoms with Crippen molar-refractivity contribution >= 4 is 5.78 Å². The summed E-state index contributed by atoms with van der Waals surface area (Å²) in [5, 5.41) is 9.98. The van der Waals surface area contributed by atoms with Gasteiger partial charge in [-0.3, -0.25) is 4.79 Å². The highest BCUT2D eigenvalue weighted by atomic mass is 16.5. The molecular formula is C25H23NO3. The average molecular weight is 385 g/mol. The molecule has 2 unspecified atom stereocenters. The van der Waals surface area contributed by atoms with E-state index in [1.54, 1.807) is 38.5 Å². The van der Waals surface area contributed by atoms with E-state index in [1.165, 1.54) is 0 Å². The molecule has 4 heteroatoms. The third-order valence-electron chi connectivity index (χ3n) is 5.06. The van der Waals surface area contributed by atoms with E-state index in [0.29, 0.717) is 11.3 Å². The van der Waals surface area contributed by atoms with Crippen LogP contribution in [0.4, 0.5) is 0 Å². The second-order valence-electron chi connectivity index (χ2n) is 6.75. The van der Waals surface area contributed by atoms with E-state index in [2.05, 4.69) is 6.07 Å². The van der Waals surface area contributed by atoms with Crippen LogP contribution in [0.25, 0.3) is 0 Å². The zero-order valence-corrected chi connectivity index (χ0v) is 16.5. The van der Waals surface area contributed by atoms with Crippen LogP contribution in [0.3, 0.4) is 0 Å². The molecule has 4 nitrogen and oxygen atoms in total. The Kier molecular flexibility index (Phi) is 6.65. The minimum atomic E-state index is -0.453. The molecule has 0 amide bonds. The number of ether oxygens (including phenoxy) is 2. The van der Waals surface area contributed by atoms with E-state index in [1.807, 2.05) is 54.6 Å². The second-order valence-corrected chi connectivity index (χ2v) is 6.75. The van der Waals surface area contributed by atoms with Gasteiger partial charge in [0.25, 0.3) is 0 Å². The number of nitrogens with zero attached hydrogens (tertiary/aromatic N) is 1. The highest BCUT2D eigenvalue weighted by Gasteiger charge is 2.27. The molecule has 0 bridgehead atoms. The number of nitriles is 1. The summed E-state index contributed by atoms with van der Waals surface area (Å²) in [5.41, 5.74) is 2.44. The van der Waals surface area contributed by atoms with Gasteiger partial charge in [0.1, 0.15) is 11.5 Å². The minimum Gasteiger partial charge on any atom is -0.497 e. The lowest BCUT2D eigenvalue weighted by molar-refractivity contribution is 0.0971. The summed E-state index contributed by atoms with van der Waals surface area (Å²) in [4.78, 5) is 13.0. The van der Waals surface area contributed by atoms with Crippen molar-refractivity contribution in [1.29, 1.82) is 5.26 Å². The smallest absolute Gasteiger partial charge is 0.163 e. The number of hydrogen-bond donors (Lipinski definition) is 0. The van der Waals surface area contributed by atoms with Gasteiger partial charge in [-0.05, 0) is 47.5 Å². The molecule has 3 aromatic carbocycles. The van der Waals surface area contributed by atoms with Gasteiger partial charge in [0.2, 0.25) is 0 Å². The molecule has 0 saturated heterocycles. The molecule has 0 aliphatic heterocycles. The van der Waals surface area contributed by atoms with E-state index in [0.717, 1.165) is 16.9 Å². The highest BCUT2D eigenvalue weighted by Crippen LogP contribution is 2.37. The van der Waals surface area contributed by atoms with E-state index >= 15 is 0 Å². The first-order valence-corrected chi connectivity index (χ1v) is 9.42. The summed E-state index contributed by atoms with van der Waals surface area (Å²) in [6, 6.07) is 26.7. The number of rotatable bonds is 8. The van der Waals surface area contributed by atoms with Crippen LogP contribution in [-0.4, -0.2) is 20.0 Å². The molecule has 0 aliphatic rings. The predicted octanol–water partition coefficient (Wildman–Crippen LogP) is 5.37. The molecule has 3 aromatic rings. The summed E-state index contributed by atoms with van der Waals surface area (Å²) < 4.78 is 10.4. The van der Waals surface area contributed by atoms with Crippen molar-refractivity contribution in [2.45, 2.75) is 18.3 Å². The van der Waals surface area contributed by atoms with Gasteiger partial charge >= 0.3 is 0 Å². The van der Waals surface area contributed by atoms with Crippen LogP contribution in [0.1, 0.15) is 39.7 Å². The van der Waals surface area contributed by atoms with E-state index in [9.17, 15) is 10.1 Å². The van der Waals surface area contributed by atoms with Gasteiger partial charge < -0.3 is 9.47 Å². The Bertz CT molecular complexity index is 973. The van der Waals surface area contributed by atoms with Crippen molar-refractivity contribution in [2.24, 2.45) is 0 Å². The van der Waals surface area contributed by atoms with Crippen molar-refractivity contribution in [3.63, 3.8) is 0 Å². The molecule has 0 aliphatic carbocycles. The van der Waals surface area contributed by atoms with Crippen LogP contribution >= 0.6 is 0 Å². The fourth-order valence-electron chi connectivity index (χ4n) is 3.43. The summed E-state index contributed by atoms with van der Waals surface area (Å²) in [6.45, 7) is 0. The molecule has 0 heterocycles. The first-order valence-electron chi connectivity index (χ1n) is 9.42. The average Bonchev–Trinajstić information content (AvgIpc) is 2.79. The fourth-order valence-corrected chi connectivity index (χ4v) is 3.43. The zero-order chi connectivity index (χ0) is 20.6. The Morgan fingerprint density at radius 3 is 1.90 bits per heavy atom. The minimum absolute atomic E-state index is 0.00438. The number of ketones is 1. The van der Waals surface area contributed by atoms with Gasteiger partial charge in [-0.25, -0.2) is 0 Å². The van der Waals surface area contributed by atoms with Gasteiger partial charge in [-0.15, -0.1) is 0 Å². The Hall–Kier alpha value is -3.58. The van der Waals surface area contributed by atoms with Crippen molar-refractivity contribution < 1.29 is 14.3 Å². The van der Waals surface area contributed by atoms with Crippen molar-refractivity contribution in [3.8, 4) is 17.6 Å². The Balaban J connectivity index is 1.93. The molecule has 0 saturated carbocycles. The van der Waals surface area contributed by atoms with Gasteiger partial charge in [-0.2, -0.15) is 5.26 Å². The lowest BCUT2D eigenvalue weighted by Crippen LogP contribution is -2.15. The molecule has 0 N–H and O–H groups in total. The summed E-state index contributed by atoms with van der Waals surface area (Å²) in [7, 11) is 3.20. The zero-order valence-electron chi connectivity index (χ0n) is 16.5. The third-order valence-corrected chi connectivity index (χ3v) is 5.06. The first-order chi connectivity index (χ1) is 14.2. The van der Waals surface area contributed by atoms with Crippen LogP contribution in [0, 0.1) is 11.3 Å². The number of hydrogen-bond acceptors (Lipinski definition) is 4. The van der Waals surface area contributed by atoms with Crippen LogP contribution < -0.4 is 9.47 Å². The van der Waals surface area contributed by atoms with Crippen LogP contribution in [0.5, 0.6) is 11.5 Å². The van der Waals surface area contributed by atoms with E-state index in [4.69, 9.17) is 9.47 Å². The third kappa shape index (κ3) is 4.83. The lowest BCUT2D eigenvalue weighted by atomic mass is 9.78. The second kappa shape index (κ2) is 9.57. The predicted molar refractivity (Wildman–Crippen MR) is 112 cm³/mol. The highest BCUT2D eigenvalue weighted by molar-refractivity contribution is 5.96. The monoisotopic (exact) mass is 385 g/mol. The molecular weight excluding hydrogens is 362 g/mol. The number of carbonyl (C=O) groups is 1. The van der Waals surface area contributed by atoms with Gasteiger partial charge in [0.05, 0.1) is 26.2 Å². The molecule has 0 spiro atoms. The molecule has 3 rings (SSSR count). The van der Waals surface area contributed by atoms with Crippen LogP contribution in [0.15, 0.2) is 78.9 Å². The Morgan fingerprint density at radius 2 is 1.38 bits per heavy atom. The quantitative estimate of drug-likeness (QED) is 0.489. The molecule has 0 fully saturated rings. The summed E-state index contributed by atoms with van der Waals surface area (Å²) >= 11 is 0. The Morgan fingerprint density at radius 1 is 0.828 bits per heavy atom. The van der Waals surface area contributed by atoms with Crippen molar-refractivity contribution in [1.82, 2.24) is 0 Å². The number of Topliss-reactive ketones (excluding diaryl/α,β-unsaturated/α-hetero) is 1. The van der Waals surface area contributed by atoms with E-state index < -0.39 is 5.92 Å². The largest absolute Gasteiger partial charge is 0.497 e. The maximum absolute atomic E-state index is 13.0. The van der Waals surface area contributed by atoms with Crippen molar-refractivity contribution in [2.75, 3.05) is 14.2 Å². The fraction of sp³-hybridized carbons (Fsp3) is 0.200. The first kappa shape index (κ1) is 20.2. The molecule has 0 radical (unpaired) electrons. The van der Waals surface area contributed by atoms with Crippen LogP contribution in [-0.2, 0) is 0 Å². The summed E-state index contributed by atoms with van der Waals surface area (Å²) in [5.74, 6) is 0.718. The lowest BCUT2D eigenvalue weighted by Gasteiger charge is -2.23. The molecule has 2 atom stereocenters. The maximum atomic E-state index is 13.0. The van der Waals surface area contributed by atoms with Crippen molar-refractivity contribution in [3.05, 3.63) is 95.6 Å². The van der Waals surface area contributed by atoms with Crippen LogP contribution in [0.2, 0.25) is 0 Å². The summed E-state index contributed by atoms with van der Waals surface area (Å²) in [6.07, 6.45) is 0.237. The topological polar surface area (TPSA) is 59.3 Å². The number of benzene rings is 3. The van der Waals surface area contributed by atoms with Gasteiger partial charge in [-0.1, -0.05) is 42.5 Å².